The molecule has 13 heteroatoms. The van der Waals surface area contributed by atoms with Crippen molar-refractivity contribution in [2.75, 3.05) is 6.61 Å². The molecular weight excluding hydrogens is 575 g/mol. The van der Waals surface area contributed by atoms with E-state index in [2.05, 4.69) is 59.3 Å². The molecule has 0 bridgehead atoms. The summed E-state index contributed by atoms with van der Waals surface area (Å²) in [5.74, 6) is 0.417. The second-order valence-electron chi connectivity index (χ2n) is 12.9. The van der Waals surface area contributed by atoms with Gasteiger partial charge in [-0.1, -0.05) is 44.3 Å². The molecule has 1 unspecified atom stereocenters. The van der Waals surface area contributed by atoms with Crippen molar-refractivity contribution < 1.29 is 23.3 Å². The number of nitrogens with one attached hydrogen (secondary N) is 1. The lowest BCUT2D eigenvalue weighted by Crippen LogP contribution is -2.50. The lowest BCUT2D eigenvalue weighted by Gasteiger charge is -2.40. The molecule has 0 amide bonds. The fraction of sp³-hybridized carbons (Fsp3) is 0.769. The molecule has 0 radical (unpaired) electrons. The van der Waals surface area contributed by atoms with E-state index in [0.29, 0.717) is 11.5 Å². The largest absolute Gasteiger partial charge is 0.408 e. The maximum Gasteiger partial charge on any atom is 0.330 e. The van der Waals surface area contributed by atoms with Crippen molar-refractivity contribution in [2.24, 2.45) is 5.92 Å². The molecule has 3 heterocycles. The Bertz CT molecular complexity index is 1280. The van der Waals surface area contributed by atoms with Gasteiger partial charge in [0, 0.05) is 16.5 Å². The zero-order valence-corrected chi connectivity index (χ0v) is 27.7. The van der Waals surface area contributed by atoms with Gasteiger partial charge < -0.3 is 23.3 Å². The van der Waals surface area contributed by atoms with Gasteiger partial charge in [0.2, 0.25) is 5.69 Å². The van der Waals surface area contributed by atoms with Gasteiger partial charge in [0.15, 0.2) is 14.5 Å². The molecule has 220 valence electrons. The summed E-state index contributed by atoms with van der Waals surface area (Å²) < 4.78 is 26.8. The first kappa shape index (κ1) is 31.4. The maximum atomic E-state index is 12.7. The average molecular weight is 619 g/mol. The molecule has 3 aliphatic rings. The third kappa shape index (κ3) is 6.29. The van der Waals surface area contributed by atoms with Crippen LogP contribution in [0.3, 0.4) is 0 Å². The second-order valence-corrected chi connectivity index (χ2v) is 24.3. The molecule has 2 N–H and O–H groups in total. The summed E-state index contributed by atoms with van der Waals surface area (Å²) in [5, 5.41) is 11.3. The van der Waals surface area contributed by atoms with E-state index in [-0.39, 0.29) is 22.5 Å². The molecule has 1 saturated carbocycles. The molecule has 1 aliphatic carbocycles. The number of hydrogen-bond donors (Lipinski definition) is 2. The van der Waals surface area contributed by atoms with Crippen LogP contribution in [0.2, 0.25) is 18.1 Å². The highest BCUT2D eigenvalue weighted by molar-refractivity contribution is 8.68. The van der Waals surface area contributed by atoms with Crippen LogP contribution in [-0.2, 0) is 30.0 Å². The number of aromatic amines is 1. The normalized spacial score (nSPS) is 37.2. The lowest BCUT2D eigenvalue weighted by atomic mass is 9.77. The van der Waals surface area contributed by atoms with Gasteiger partial charge in [-0.25, -0.2) is 4.79 Å². The van der Waals surface area contributed by atoms with E-state index in [1.54, 1.807) is 18.3 Å². The number of hydrogen-bond acceptors (Lipinski definition) is 9. The minimum Gasteiger partial charge on any atom is -0.408 e. The first-order valence-corrected chi connectivity index (χ1v) is 20.5. The fourth-order valence-electron chi connectivity index (χ4n) is 5.13. The summed E-state index contributed by atoms with van der Waals surface area (Å²) in [7, 11) is -2.35. The Kier molecular flexibility index (Phi) is 8.79. The molecular formula is C26H43N2O7PS2Si. The number of fused-ring (bicyclic) bond motifs is 1. The topological polar surface area (TPSA) is 112 Å². The van der Waals surface area contributed by atoms with Gasteiger partial charge in [-0.3, -0.25) is 14.3 Å². The molecule has 1 aromatic rings. The third-order valence-corrected chi connectivity index (χ3v) is 19.1. The van der Waals surface area contributed by atoms with Gasteiger partial charge >= 0.3 is 5.69 Å². The van der Waals surface area contributed by atoms with Crippen LogP contribution >= 0.6 is 17.1 Å². The molecule has 4 rings (SSSR count). The zero-order chi connectivity index (χ0) is 29.1. The molecule has 8 atom stereocenters. The second kappa shape index (κ2) is 10.9. The van der Waals surface area contributed by atoms with Gasteiger partial charge in [0.1, 0.15) is 18.3 Å². The Morgan fingerprint density at radius 3 is 2.69 bits per heavy atom. The molecule has 0 spiro atoms. The molecule has 39 heavy (non-hydrogen) atoms. The van der Waals surface area contributed by atoms with Gasteiger partial charge in [-0.15, -0.1) is 0 Å². The molecule has 2 saturated heterocycles. The van der Waals surface area contributed by atoms with Crippen molar-refractivity contribution in [1.29, 1.82) is 0 Å². The average Bonchev–Trinajstić information content (AvgIpc) is 3.25. The van der Waals surface area contributed by atoms with Crippen molar-refractivity contribution in [3.8, 4) is 0 Å². The number of allylic oxidation sites excluding steroid dienone is 1. The summed E-state index contributed by atoms with van der Waals surface area (Å²) in [6, 6.07) is 0. The Hall–Kier alpha value is -0.563. The number of nitrogens with zero attached hydrogens (tertiary/aromatic N) is 1. The highest BCUT2D eigenvalue weighted by Gasteiger charge is 2.55. The van der Waals surface area contributed by atoms with E-state index in [4.69, 9.17) is 30.0 Å². The zero-order valence-electron chi connectivity index (χ0n) is 24.2. The van der Waals surface area contributed by atoms with E-state index in [9.17, 15) is 14.7 Å². The van der Waals surface area contributed by atoms with Gasteiger partial charge in [-0.05, 0) is 75.9 Å². The van der Waals surface area contributed by atoms with Crippen LogP contribution in [0.1, 0.15) is 65.7 Å². The summed E-state index contributed by atoms with van der Waals surface area (Å²) in [4.78, 5) is 26.9. The molecule has 0 aromatic carbocycles. The van der Waals surface area contributed by atoms with Crippen molar-refractivity contribution in [2.45, 2.75) is 114 Å². The number of ether oxygens (including phenoxy) is 1. The van der Waals surface area contributed by atoms with Crippen molar-refractivity contribution in [3.05, 3.63) is 44.8 Å². The van der Waals surface area contributed by atoms with Gasteiger partial charge in [0.05, 0.1) is 12.7 Å². The monoisotopic (exact) mass is 618 g/mol. The predicted octanol–water partition coefficient (Wildman–Crippen LogP) is 5.00. The summed E-state index contributed by atoms with van der Waals surface area (Å²) in [5.41, 5.74) is -2.33. The lowest BCUT2D eigenvalue weighted by molar-refractivity contribution is -0.0517. The standard InChI is InChI=1S/C26H43N2O7PS2Si/c1-15(2)17-10-11-26(7)19(12-17)34-36(37,38-26)32-14-18-21(35-39(8,9)25(4,5)6)20(29)23(33-18)28-13-16(3)22(30)27-24(28)31/h13,17-21,23,29H,1,10-12,14H2,2-9H3,(H,27,30,31)/t17-,18+,19+,20+,21+,23+,26+,36?/m0/s1. The number of aliphatic hydroxyl groups is 1. The van der Waals surface area contributed by atoms with Crippen LogP contribution in [0.25, 0.3) is 0 Å². The molecule has 1 aromatic heterocycles. The van der Waals surface area contributed by atoms with Crippen LogP contribution in [0.5, 0.6) is 0 Å². The minimum atomic E-state index is -2.70. The smallest absolute Gasteiger partial charge is 0.330 e. The first-order chi connectivity index (χ1) is 17.9. The minimum absolute atomic E-state index is 0.00593. The summed E-state index contributed by atoms with van der Waals surface area (Å²) in [6.07, 6.45) is 0.657. The third-order valence-electron chi connectivity index (χ3n) is 8.81. The molecule has 3 fully saturated rings. The number of aryl methyl sites for hydroxylation is 1. The number of aliphatic hydroxyl groups excluding tert-OH is 1. The summed E-state index contributed by atoms with van der Waals surface area (Å²) >= 11 is 7.59. The van der Waals surface area contributed by atoms with E-state index >= 15 is 0 Å². The molecule has 9 nitrogen and oxygen atoms in total. The summed E-state index contributed by atoms with van der Waals surface area (Å²) in [6.45, 7) is 20.6. The van der Waals surface area contributed by atoms with E-state index in [1.807, 2.05) is 0 Å². The number of rotatable bonds is 7. The van der Waals surface area contributed by atoms with Crippen LogP contribution in [0, 0.1) is 12.8 Å². The van der Waals surface area contributed by atoms with Crippen LogP contribution in [-0.4, -0.2) is 58.7 Å². The Morgan fingerprint density at radius 1 is 1.41 bits per heavy atom. The number of H-pyrrole nitrogens is 1. The van der Waals surface area contributed by atoms with E-state index in [0.717, 1.165) is 19.3 Å². The highest BCUT2D eigenvalue weighted by Crippen LogP contribution is 2.75. The Labute approximate surface area is 241 Å². The van der Waals surface area contributed by atoms with Crippen molar-refractivity contribution >= 4 is 37.2 Å². The Balaban J connectivity index is 1.57. The van der Waals surface area contributed by atoms with Crippen molar-refractivity contribution in [3.63, 3.8) is 0 Å². The van der Waals surface area contributed by atoms with Gasteiger partial charge in [0.25, 0.3) is 5.56 Å². The quantitative estimate of drug-likeness (QED) is 0.248. The Morgan fingerprint density at radius 2 is 2.08 bits per heavy atom. The van der Waals surface area contributed by atoms with E-state index < -0.39 is 49.8 Å². The van der Waals surface area contributed by atoms with E-state index in [1.165, 1.54) is 16.3 Å². The van der Waals surface area contributed by atoms with Crippen LogP contribution in [0.4, 0.5) is 0 Å². The maximum absolute atomic E-state index is 12.7. The fourth-order valence-corrected chi connectivity index (χ4v) is 13.6. The predicted molar refractivity (Wildman–Crippen MR) is 161 cm³/mol. The SMILES string of the molecule is C=C(C)[C@H]1CC[C@@]2(C)SP(=S)(OC[C@H]3O[C@@H](n4cc(C)c(=O)[nH]c4=O)[C@H](O)[C@@H]3O[Si](C)(C)C(C)(C)C)O[C@@H]2C1. The van der Waals surface area contributed by atoms with Crippen LogP contribution in [0.15, 0.2) is 27.9 Å². The number of aromatic nitrogens is 2. The first-order valence-electron chi connectivity index (χ1n) is 13.5. The van der Waals surface area contributed by atoms with Crippen LogP contribution < -0.4 is 11.2 Å². The van der Waals surface area contributed by atoms with Crippen molar-refractivity contribution in [1.82, 2.24) is 9.55 Å². The van der Waals surface area contributed by atoms with Gasteiger partial charge in [-0.2, -0.15) is 0 Å². The molecule has 2 aliphatic heterocycles. The highest BCUT2D eigenvalue weighted by atomic mass is 32.9.